The molecule has 0 aliphatic rings. The second-order valence-corrected chi connectivity index (χ2v) is 3.88. The summed E-state index contributed by atoms with van der Waals surface area (Å²) in [6, 6.07) is 9.81. The Morgan fingerprint density at radius 3 is 2.78 bits per heavy atom. The maximum absolute atomic E-state index is 10.6. The molecule has 0 saturated heterocycles. The third kappa shape index (κ3) is 3.14. The van der Waals surface area contributed by atoms with Gasteiger partial charge in [0.25, 0.3) is 0 Å². The number of aromatic amines is 1. The van der Waals surface area contributed by atoms with Gasteiger partial charge in [-0.1, -0.05) is 30.3 Å². The molecule has 0 fully saturated rings. The fraction of sp³-hybridized carbons (Fsp3) is 0.250. The van der Waals surface area contributed by atoms with Gasteiger partial charge < -0.3 is 11.1 Å². The van der Waals surface area contributed by atoms with E-state index in [1.165, 1.54) is 0 Å². The van der Waals surface area contributed by atoms with Crippen LogP contribution in [0.3, 0.4) is 0 Å². The minimum absolute atomic E-state index is 0.314. The number of nitrogens with one attached hydrogen (secondary N) is 2. The summed E-state index contributed by atoms with van der Waals surface area (Å²) in [5.74, 6) is -0.314. The van der Waals surface area contributed by atoms with Gasteiger partial charge in [0.1, 0.15) is 11.4 Å². The number of rotatable bonds is 6. The maximum Gasteiger partial charge on any atom is 0.218 e. The minimum atomic E-state index is -0.314. The standard InChI is InChI=1S/C12H15N5O/c13-11(18)6-7-14-8-10-12(16-17-15-10)9-4-2-1-3-5-9/h1-5,14H,6-8H2,(H2,13,18)(H,15,16,17). The quantitative estimate of drug-likeness (QED) is 0.643. The summed E-state index contributed by atoms with van der Waals surface area (Å²) in [6.45, 7) is 1.09. The van der Waals surface area contributed by atoms with Crippen molar-refractivity contribution in [1.29, 1.82) is 0 Å². The number of benzene rings is 1. The highest BCUT2D eigenvalue weighted by Gasteiger charge is 2.09. The molecule has 0 saturated carbocycles. The molecular formula is C12H15N5O. The Hall–Kier alpha value is -2.21. The molecule has 0 aliphatic carbocycles. The van der Waals surface area contributed by atoms with Gasteiger partial charge in [0.05, 0.1) is 0 Å². The van der Waals surface area contributed by atoms with Crippen LogP contribution < -0.4 is 11.1 Å². The molecule has 6 heteroatoms. The number of nitrogens with zero attached hydrogens (tertiary/aromatic N) is 2. The molecule has 2 rings (SSSR count). The van der Waals surface area contributed by atoms with Crippen LogP contribution in [-0.4, -0.2) is 27.9 Å². The number of hydrogen-bond donors (Lipinski definition) is 3. The van der Waals surface area contributed by atoms with Crippen LogP contribution in [0, 0.1) is 0 Å². The molecule has 0 unspecified atom stereocenters. The first-order valence-electron chi connectivity index (χ1n) is 5.71. The lowest BCUT2D eigenvalue weighted by Crippen LogP contribution is -2.22. The van der Waals surface area contributed by atoms with E-state index in [1.807, 2.05) is 30.3 Å². The normalized spacial score (nSPS) is 10.4. The van der Waals surface area contributed by atoms with E-state index in [2.05, 4.69) is 20.7 Å². The predicted octanol–water partition coefficient (Wildman–Crippen LogP) is 0.437. The van der Waals surface area contributed by atoms with E-state index in [0.717, 1.165) is 17.0 Å². The van der Waals surface area contributed by atoms with Gasteiger partial charge in [0, 0.05) is 25.1 Å². The number of carbonyl (C=O) groups is 1. The Bertz CT molecular complexity index is 508. The molecule has 1 heterocycles. The van der Waals surface area contributed by atoms with Crippen molar-refractivity contribution in [3.63, 3.8) is 0 Å². The zero-order chi connectivity index (χ0) is 12.8. The van der Waals surface area contributed by atoms with Gasteiger partial charge in [-0.25, -0.2) is 0 Å². The molecule has 4 N–H and O–H groups in total. The number of aromatic nitrogens is 3. The SMILES string of the molecule is NC(=O)CCNCc1n[nH]nc1-c1ccccc1. The number of primary amides is 1. The van der Waals surface area contributed by atoms with Gasteiger partial charge >= 0.3 is 0 Å². The molecule has 0 atom stereocenters. The molecule has 18 heavy (non-hydrogen) atoms. The van der Waals surface area contributed by atoms with E-state index in [0.29, 0.717) is 19.5 Å². The van der Waals surface area contributed by atoms with E-state index >= 15 is 0 Å². The van der Waals surface area contributed by atoms with Crippen molar-refractivity contribution in [2.45, 2.75) is 13.0 Å². The molecule has 0 bridgehead atoms. The third-order valence-corrected chi connectivity index (χ3v) is 2.51. The van der Waals surface area contributed by atoms with Crippen molar-refractivity contribution < 1.29 is 4.79 Å². The van der Waals surface area contributed by atoms with Gasteiger partial charge in [-0.3, -0.25) is 4.79 Å². The summed E-state index contributed by atoms with van der Waals surface area (Å²) < 4.78 is 0. The zero-order valence-electron chi connectivity index (χ0n) is 9.89. The predicted molar refractivity (Wildman–Crippen MR) is 67.3 cm³/mol. The molecule has 94 valence electrons. The molecular weight excluding hydrogens is 230 g/mol. The van der Waals surface area contributed by atoms with E-state index in [-0.39, 0.29) is 5.91 Å². The zero-order valence-corrected chi connectivity index (χ0v) is 9.89. The third-order valence-electron chi connectivity index (χ3n) is 2.51. The lowest BCUT2D eigenvalue weighted by molar-refractivity contribution is -0.117. The highest BCUT2D eigenvalue weighted by atomic mass is 16.1. The van der Waals surface area contributed by atoms with Crippen molar-refractivity contribution in [1.82, 2.24) is 20.7 Å². The largest absolute Gasteiger partial charge is 0.370 e. The number of nitrogens with two attached hydrogens (primary N) is 1. The van der Waals surface area contributed by atoms with Crippen LogP contribution in [0.1, 0.15) is 12.1 Å². The van der Waals surface area contributed by atoms with Gasteiger partial charge in [-0.05, 0) is 0 Å². The Morgan fingerprint density at radius 1 is 1.28 bits per heavy atom. The van der Waals surface area contributed by atoms with Crippen LogP contribution in [0.2, 0.25) is 0 Å². The lowest BCUT2D eigenvalue weighted by Gasteiger charge is -2.02. The van der Waals surface area contributed by atoms with Gasteiger partial charge in [-0.15, -0.1) is 0 Å². The second-order valence-electron chi connectivity index (χ2n) is 3.88. The average molecular weight is 245 g/mol. The van der Waals surface area contributed by atoms with Crippen molar-refractivity contribution in [2.75, 3.05) is 6.54 Å². The maximum atomic E-state index is 10.6. The summed E-state index contributed by atoms with van der Waals surface area (Å²) in [4.78, 5) is 10.6. The van der Waals surface area contributed by atoms with Gasteiger partial charge in [-0.2, -0.15) is 15.4 Å². The molecule has 1 amide bonds. The first-order valence-corrected chi connectivity index (χ1v) is 5.71. The Balaban J connectivity index is 1.98. The van der Waals surface area contributed by atoms with Crippen LogP contribution in [0.25, 0.3) is 11.3 Å². The molecule has 0 aliphatic heterocycles. The van der Waals surface area contributed by atoms with Crippen molar-refractivity contribution in [3.8, 4) is 11.3 Å². The van der Waals surface area contributed by atoms with Crippen LogP contribution in [0.15, 0.2) is 30.3 Å². The summed E-state index contributed by atoms with van der Waals surface area (Å²) in [6.07, 6.45) is 0.318. The fourth-order valence-electron chi connectivity index (χ4n) is 1.62. The lowest BCUT2D eigenvalue weighted by atomic mass is 10.1. The van der Waals surface area contributed by atoms with E-state index in [4.69, 9.17) is 5.73 Å². The molecule has 0 radical (unpaired) electrons. The molecule has 6 nitrogen and oxygen atoms in total. The summed E-state index contributed by atoms with van der Waals surface area (Å²) >= 11 is 0. The number of H-pyrrole nitrogens is 1. The van der Waals surface area contributed by atoms with E-state index in [1.54, 1.807) is 0 Å². The monoisotopic (exact) mass is 245 g/mol. The second kappa shape index (κ2) is 5.92. The highest BCUT2D eigenvalue weighted by molar-refractivity contribution is 5.73. The highest BCUT2D eigenvalue weighted by Crippen LogP contribution is 2.18. The minimum Gasteiger partial charge on any atom is -0.370 e. The number of amides is 1. The summed E-state index contributed by atoms with van der Waals surface area (Å²) in [5.41, 5.74) is 7.72. The average Bonchev–Trinajstić information content (AvgIpc) is 2.84. The first kappa shape index (κ1) is 12.3. The first-order chi connectivity index (χ1) is 8.77. The van der Waals surface area contributed by atoms with Crippen molar-refractivity contribution in [2.24, 2.45) is 5.73 Å². The van der Waals surface area contributed by atoms with Crippen LogP contribution >= 0.6 is 0 Å². The molecule has 1 aromatic heterocycles. The van der Waals surface area contributed by atoms with Gasteiger partial charge in [0.2, 0.25) is 5.91 Å². The van der Waals surface area contributed by atoms with Crippen LogP contribution in [0.4, 0.5) is 0 Å². The molecule has 1 aromatic carbocycles. The van der Waals surface area contributed by atoms with Crippen LogP contribution in [-0.2, 0) is 11.3 Å². The summed E-state index contributed by atoms with van der Waals surface area (Å²) in [5, 5.41) is 13.9. The topological polar surface area (TPSA) is 96.7 Å². The number of carbonyl (C=O) groups excluding carboxylic acids is 1. The van der Waals surface area contributed by atoms with Crippen molar-refractivity contribution >= 4 is 5.91 Å². The van der Waals surface area contributed by atoms with Crippen LogP contribution in [0.5, 0.6) is 0 Å². The molecule has 0 spiro atoms. The Labute approximate surface area is 105 Å². The summed E-state index contributed by atoms with van der Waals surface area (Å²) in [7, 11) is 0. The smallest absolute Gasteiger partial charge is 0.218 e. The Morgan fingerprint density at radius 2 is 2.06 bits per heavy atom. The Kier molecular flexibility index (Phi) is 4.03. The molecule has 2 aromatic rings. The fourth-order valence-corrected chi connectivity index (χ4v) is 1.62. The van der Waals surface area contributed by atoms with Gasteiger partial charge in [0.15, 0.2) is 0 Å². The van der Waals surface area contributed by atoms with E-state index < -0.39 is 0 Å². The van der Waals surface area contributed by atoms with E-state index in [9.17, 15) is 4.79 Å². The number of hydrogen-bond acceptors (Lipinski definition) is 4. The van der Waals surface area contributed by atoms with Crippen molar-refractivity contribution in [3.05, 3.63) is 36.0 Å².